The fourth-order valence-electron chi connectivity index (χ4n) is 2.76. The van der Waals surface area contributed by atoms with Gasteiger partial charge in [0, 0.05) is 17.5 Å². The van der Waals surface area contributed by atoms with Crippen molar-refractivity contribution in [1.82, 2.24) is 24.9 Å². The molecule has 0 N–H and O–H groups in total. The average Bonchev–Trinajstić information content (AvgIpc) is 3.22. The minimum absolute atomic E-state index is 0.311. The highest BCUT2D eigenvalue weighted by atomic mass is 16.7. The zero-order chi connectivity index (χ0) is 17.2. The summed E-state index contributed by atoms with van der Waals surface area (Å²) >= 11 is 0. The summed E-state index contributed by atoms with van der Waals surface area (Å²) < 4.78 is 18.1. The first-order valence-electron chi connectivity index (χ1n) is 8.25. The second-order valence-electron chi connectivity index (χ2n) is 5.98. The Morgan fingerprint density at radius 3 is 2.72 bits per heavy atom. The van der Waals surface area contributed by atoms with Gasteiger partial charge in [-0.15, -0.1) is 0 Å². The number of hydrogen-bond donors (Lipinski definition) is 0. The first-order valence-corrected chi connectivity index (χ1v) is 8.25. The van der Waals surface area contributed by atoms with Crippen LogP contribution in [-0.4, -0.2) is 44.4 Å². The summed E-state index contributed by atoms with van der Waals surface area (Å²) in [6.45, 7) is 5.35. The zero-order valence-corrected chi connectivity index (χ0v) is 14.2. The molecule has 0 amide bonds. The monoisotopic (exact) mass is 341 g/mol. The Bertz CT molecular complexity index is 850. The van der Waals surface area contributed by atoms with Gasteiger partial charge in [0.15, 0.2) is 12.1 Å². The number of aromatic nitrogens is 5. The predicted molar refractivity (Wildman–Crippen MR) is 88.1 cm³/mol. The summed E-state index contributed by atoms with van der Waals surface area (Å²) in [5.74, 6) is 1.74. The lowest BCUT2D eigenvalue weighted by Gasteiger charge is -2.21. The Balaban J connectivity index is 1.49. The smallest absolute Gasteiger partial charge is 0.232 e. The SMILES string of the molecule is Cc1cc(C)n(-c2ccc(-c3noc(CC4OCCCO4)n3)cn2)n1. The largest absolute Gasteiger partial charge is 0.352 e. The van der Waals surface area contributed by atoms with Crippen LogP contribution in [0.25, 0.3) is 17.2 Å². The standard InChI is InChI=1S/C17H19N5O3/c1-11-8-12(2)22(20-11)14-5-4-13(10-18-14)17-19-15(25-21-17)9-16-23-6-3-7-24-16/h4-5,8,10,16H,3,6-7,9H2,1-2H3. The van der Waals surface area contributed by atoms with Crippen molar-refractivity contribution in [2.75, 3.05) is 13.2 Å². The van der Waals surface area contributed by atoms with Crippen LogP contribution in [0, 0.1) is 13.8 Å². The van der Waals surface area contributed by atoms with Crippen LogP contribution in [0.4, 0.5) is 0 Å². The van der Waals surface area contributed by atoms with Crippen LogP contribution in [0.1, 0.15) is 23.7 Å². The molecule has 0 aromatic carbocycles. The van der Waals surface area contributed by atoms with Gasteiger partial charge >= 0.3 is 0 Å². The molecule has 0 bridgehead atoms. The van der Waals surface area contributed by atoms with Crippen molar-refractivity contribution in [3.63, 3.8) is 0 Å². The summed E-state index contributed by atoms with van der Waals surface area (Å²) in [4.78, 5) is 8.85. The molecule has 1 saturated heterocycles. The van der Waals surface area contributed by atoms with Crippen LogP contribution >= 0.6 is 0 Å². The van der Waals surface area contributed by atoms with Crippen LogP contribution in [0.15, 0.2) is 28.9 Å². The molecule has 3 aromatic rings. The first kappa shape index (κ1) is 15.9. The second kappa shape index (κ2) is 6.73. The Morgan fingerprint density at radius 1 is 1.20 bits per heavy atom. The quantitative estimate of drug-likeness (QED) is 0.719. The van der Waals surface area contributed by atoms with Gasteiger partial charge in [0.2, 0.25) is 11.7 Å². The molecule has 0 radical (unpaired) electrons. The number of rotatable bonds is 4. The molecule has 0 spiro atoms. The molecule has 1 aliphatic heterocycles. The minimum Gasteiger partial charge on any atom is -0.352 e. The molecular formula is C17H19N5O3. The van der Waals surface area contributed by atoms with E-state index < -0.39 is 0 Å². The molecular weight excluding hydrogens is 322 g/mol. The minimum atomic E-state index is -0.311. The van der Waals surface area contributed by atoms with E-state index in [-0.39, 0.29) is 6.29 Å². The van der Waals surface area contributed by atoms with Crippen LogP contribution < -0.4 is 0 Å². The maximum Gasteiger partial charge on any atom is 0.232 e. The highest BCUT2D eigenvalue weighted by molar-refractivity contribution is 5.53. The van der Waals surface area contributed by atoms with Crippen LogP contribution in [-0.2, 0) is 15.9 Å². The number of hydrogen-bond acceptors (Lipinski definition) is 7. The van der Waals surface area contributed by atoms with Gasteiger partial charge in [-0.1, -0.05) is 5.16 Å². The molecule has 1 fully saturated rings. The Labute approximate surface area is 144 Å². The number of aryl methyl sites for hydroxylation is 2. The molecule has 3 aromatic heterocycles. The van der Waals surface area contributed by atoms with Gasteiger partial charge in [-0.25, -0.2) is 9.67 Å². The van der Waals surface area contributed by atoms with Crippen LogP contribution in [0.3, 0.4) is 0 Å². The normalized spacial score (nSPS) is 15.6. The van der Waals surface area contributed by atoms with E-state index in [4.69, 9.17) is 14.0 Å². The topological polar surface area (TPSA) is 88.1 Å². The predicted octanol–water partition coefficient (Wildman–Crippen LogP) is 2.24. The molecule has 1 aliphatic rings. The molecule has 130 valence electrons. The number of nitrogens with zero attached hydrogens (tertiary/aromatic N) is 5. The van der Waals surface area contributed by atoms with E-state index in [2.05, 4.69) is 20.2 Å². The van der Waals surface area contributed by atoms with Gasteiger partial charge in [-0.3, -0.25) is 0 Å². The van der Waals surface area contributed by atoms with Crippen molar-refractivity contribution in [3.8, 4) is 17.2 Å². The summed E-state index contributed by atoms with van der Waals surface area (Å²) in [5, 5.41) is 8.44. The lowest BCUT2D eigenvalue weighted by atomic mass is 10.2. The molecule has 0 unspecified atom stereocenters. The number of pyridine rings is 1. The summed E-state index contributed by atoms with van der Waals surface area (Å²) in [6, 6.07) is 5.80. The molecule has 0 saturated carbocycles. The van der Waals surface area contributed by atoms with Gasteiger partial charge in [0.05, 0.1) is 25.3 Å². The van der Waals surface area contributed by atoms with Crippen molar-refractivity contribution in [2.45, 2.75) is 33.0 Å². The van der Waals surface area contributed by atoms with E-state index in [1.165, 1.54) is 0 Å². The highest BCUT2D eigenvalue weighted by Gasteiger charge is 2.19. The summed E-state index contributed by atoms with van der Waals surface area (Å²) in [6.07, 6.45) is 2.77. The fourth-order valence-corrected chi connectivity index (χ4v) is 2.76. The molecule has 0 atom stereocenters. The van der Waals surface area contributed by atoms with Crippen molar-refractivity contribution >= 4 is 0 Å². The van der Waals surface area contributed by atoms with Crippen molar-refractivity contribution < 1.29 is 14.0 Å². The highest BCUT2D eigenvalue weighted by Crippen LogP contribution is 2.18. The van der Waals surface area contributed by atoms with E-state index >= 15 is 0 Å². The van der Waals surface area contributed by atoms with E-state index in [0.29, 0.717) is 31.3 Å². The molecule has 8 heteroatoms. The third-order valence-electron chi connectivity index (χ3n) is 3.94. The third-order valence-corrected chi connectivity index (χ3v) is 3.94. The van der Waals surface area contributed by atoms with Crippen molar-refractivity contribution in [3.05, 3.63) is 41.7 Å². The first-order chi connectivity index (χ1) is 12.2. The van der Waals surface area contributed by atoms with Gasteiger partial charge in [0.1, 0.15) is 0 Å². The average molecular weight is 341 g/mol. The number of ether oxygens (including phenoxy) is 2. The lowest BCUT2D eigenvalue weighted by molar-refractivity contribution is -0.179. The van der Waals surface area contributed by atoms with E-state index in [1.54, 1.807) is 10.9 Å². The molecule has 8 nitrogen and oxygen atoms in total. The van der Waals surface area contributed by atoms with E-state index in [9.17, 15) is 0 Å². The maximum absolute atomic E-state index is 5.50. The van der Waals surface area contributed by atoms with E-state index in [1.807, 2.05) is 32.0 Å². The fraction of sp³-hybridized carbons (Fsp3) is 0.412. The summed E-state index contributed by atoms with van der Waals surface area (Å²) in [7, 11) is 0. The van der Waals surface area contributed by atoms with E-state index in [0.717, 1.165) is 29.2 Å². The van der Waals surface area contributed by atoms with Gasteiger partial charge < -0.3 is 14.0 Å². The van der Waals surface area contributed by atoms with Gasteiger partial charge in [-0.05, 0) is 38.5 Å². The van der Waals surface area contributed by atoms with Crippen LogP contribution in [0.2, 0.25) is 0 Å². The molecule has 25 heavy (non-hydrogen) atoms. The second-order valence-corrected chi connectivity index (χ2v) is 5.98. The zero-order valence-electron chi connectivity index (χ0n) is 14.2. The van der Waals surface area contributed by atoms with Gasteiger partial charge in [-0.2, -0.15) is 10.1 Å². The van der Waals surface area contributed by atoms with Crippen LogP contribution in [0.5, 0.6) is 0 Å². The van der Waals surface area contributed by atoms with Gasteiger partial charge in [0.25, 0.3) is 0 Å². The molecule has 4 heterocycles. The third kappa shape index (κ3) is 3.45. The molecule has 4 rings (SSSR count). The summed E-state index contributed by atoms with van der Waals surface area (Å²) in [5.41, 5.74) is 2.77. The van der Waals surface area contributed by atoms with Crippen molar-refractivity contribution in [2.24, 2.45) is 0 Å². The Morgan fingerprint density at radius 2 is 2.04 bits per heavy atom. The Kier molecular flexibility index (Phi) is 4.29. The Hall–Kier alpha value is -2.58. The molecule has 0 aliphatic carbocycles. The maximum atomic E-state index is 5.50. The lowest BCUT2D eigenvalue weighted by Crippen LogP contribution is -2.26. The van der Waals surface area contributed by atoms with Crippen molar-refractivity contribution in [1.29, 1.82) is 0 Å².